The molecule has 1 fully saturated rings. The second kappa shape index (κ2) is 5.07. The van der Waals surface area contributed by atoms with E-state index in [1.807, 2.05) is 0 Å². The Bertz CT molecular complexity index is 254. The van der Waals surface area contributed by atoms with Gasteiger partial charge >= 0.3 is 5.97 Å². The third-order valence-electron chi connectivity index (χ3n) is 2.22. The number of hydrogen-bond donors (Lipinski definition) is 4. The van der Waals surface area contributed by atoms with Gasteiger partial charge in [-0.15, -0.1) is 0 Å². The van der Waals surface area contributed by atoms with Crippen LogP contribution in [-0.2, 0) is 14.3 Å². The van der Waals surface area contributed by atoms with E-state index in [9.17, 15) is 20.1 Å². The summed E-state index contributed by atoms with van der Waals surface area (Å²) in [5, 5.41) is 37.0. The molecular formula is C9H16O7. The summed E-state index contributed by atoms with van der Waals surface area (Å²) in [7, 11) is 0. The van der Waals surface area contributed by atoms with E-state index in [2.05, 4.69) is 0 Å². The number of ether oxygens (including phenoxy) is 2. The highest BCUT2D eigenvalue weighted by atomic mass is 16.7. The number of hydrogen-bond acceptors (Lipinski definition) is 6. The summed E-state index contributed by atoms with van der Waals surface area (Å²) >= 11 is 0. The molecule has 0 aromatic heterocycles. The molecule has 4 N–H and O–H groups in total. The summed E-state index contributed by atoms with van der Waals surface area (Å²) in [5.74, 6) is -1.42. The Morgan fingerprint density at radius 2 is 1.75 bits per heavy atom. The van der Waals surface area contributed by atoms with Crippen molar-refractivity contribution in [2.45, 2.75) is 50.7 Å². The summed E-state index contributed by atoms with van der Waals surface area (Å²) in [6.07, 6.45) is -7.95. The van der Waals surface area contributed by atoms with Crippen molar-refractivity contribution in [3.63, 3.8) is 0 Å². The normalized spacial score (nSPS) is 40.0. The fourth-order valence-corrected chi connectivity index (χ4v) is 1.43. The molecule has 16 heavy (non-hydrogen) atoms. The van der Waals surface area contributed by atoms with Gasteiger partial charge in [-0.3, -0.25) is 0 Å². The Kier molecular flexibility index (Phi) is 4.22. The van der Waals surface area contributed by atoms with Crippen LogP contribution >= 0.6 is 0 Å². The maximum atomic E-state index is 10.7. The van der Waals surface area contributed by atoms with Crippen molar-refractivity contribution in [3.05, 3.63) is 0 Å². The average molecular weight is 236 g/mol. The van der Waals surface area contributed by atoms with Crippen molar-refractivity contribution in [2.75, 3.05) is 0 Å². The number of rotatable bonds is 3. The first-order chi connectivity index (χ1) is 7.34. The number of carboxylic acid groups (broad SMARTS) is 1. The lowest BCUT2D eigenvalue weighted by Crippen LogP contribution is -2.60. The van der Waals surface area contributed by atoms with Gasteiger partial charge in [0, 0.05) is 0 Å². The maximum absolute atomic E-state index is 10.7. The Balaban J connectivity index is 2.77. The lowest BCUT2D eigenvalue weighted by Gasteiger charge is -2.39. The smallest absolute Gasteiger partial charge is 0.335 e. The summed E-state index contributed by atoms with van der Waals surface area (Å²) < 4.78 is 9.97. The lowest BCUT2D eigenvalue weighted by atomic mass is 9.99. The van der Waals surface area contributed by atoms with E-state index in [1.165, 1.54) is 0 Å². The van der Waals surface area contributed by atoms with Crippen molar-refractivity contribution < 1.29 is 34.7 Å². The molecule has 0 amide bonds. The third kappa shape index (κ3) is 2.69. The van der Waals surface area contributed by atoms with Gasteiger partial charge in [0.1, 0.15) is 18.3 Å². The summed E-state index contributed by atoms with van der Waals surface area (Å²) in [5.41, 5.74) is 0. The molecule has 1 heterocycles. The fraction of sp³-hybridized carbons (Fsp3) is 0.889. The van der Waals surface area contributed by atoms with Gasteiger partial charge in [-0.05, 0) is 13.8 Å². The monoisotopic (exact) mass is 236 g/mol. The van der Waals surface area contributed by atoms with E-state index >= 15 is 0 Å². The Labute approximate surface area is 92.2 Å². The molecule has 1 rings (SSSR count). The standard InChI is InChI=1S/C9H16O7/c1-3(2)15-9-6(12)4(10)5(11)7(16-9)8(13)14/h3-7,9-12H,1-2H3,(H,13,14)/t4-,5-,6+,7-,9+/m1/s1. The van der Waals surface area contributed by atoms with Gasteiger partial charge in [-0.2, -0.15) is 0 Å². The molecule has 0 saturated carbocycles. The minimum Gasteiger partial charge on any atom is -0.479 e. The first-order valence-electron chi connectivity index (χ1n) is 4.92. The van der Waals surface area contributed by atoms with Crippen LogP contribution in [0, 0.1) is 0 Å². The van der Waals surface area contributed by atoms with Gasteiger partial charge in [-0.25, -0.2) is 4.79 Å². The predicted molar refractivity (Wildman–Crippen MR) is 50.5 cm³/mol. The largest absolute Gasteiger partial charge is 0.479 e. The summed E-state index contributed by atoms with van der Waals surface area (Å²) in [6, 6.07) is 0. The number of aliphatic carboxylic acids is 1. The zero-order valence-electron chi connectivity index (χ0n) is 8.98. The molecule has 1 saturated heterocycles. The predicted octanol–water partition coefficient (Wildman–Crippen LogP) is -1.70. The van der Waals surface area contributed by atoms with Crippen LogP contribution in [0.2, 0.25) is 0 Å². The van der Waals surface area contributed by atoms with Crippen molar-refractivity contribution in [1.82, 2.24) is 0 Å². The highest BCUT2D eigenvalue weighted by Gasteiger charge is 2.47. The molecule has 0 aromatic rings. The van der Waals surface area contributed by atoms with Crippen LogP contribution in [0.1, 0.15) is 13.8 Å². The SMILES string of the molecule is CC(C)O[C@H]1O[C@@H](C(=O)O)[C@H](O)[C@@H](O)[C@@H]1O. The van der Waals surface area contributed by atoms with E-state index in [1.54, 1.807) is 13.8 Å². The average Bonchev–Trinajstić information content (AvgIpc) is 2.18. The molecule has 1 aliphatic heterocycles. The molecule has 0 radical (unpaired) electrons. The van der Waals surface area contributed by atoms with Crippen LogP contribution in [0.15, 0.2) is 0 Å². The quantitative estimate of drug-likeness (QED) is 0.461. The van der Waals surface area contributed by atoms with Gasteiger partial charge in [0.2, 0.25) is 0 Å². The van der Waals surface area contributed by atoms with Gasteiger partial charge in [0.25, 0.3) is 0 Å². The molecule has 0 aliphatic carbocycles. The van der Waals surface area contributed by atoms with Crippen LogP contribution in [-0.4, -0.2) is 63.2 Å². The molecule has 94 valence electrons. The van der Waals surface area contributed by atoms with Gasteiger partial charge in [-0.1, -0.05) is 0 Å². The highest BCUT2D eigenvalue weighted by molar-refractivity contribution is 5.73. The molecule has 0 spiro atoms. The maximum Gasteiger partial charge on any atom is 0.335 e. The number of aliphatic hydroxyl groups is 3. The van der Waals surface area contributed by atoms with E-state index < -0.39 is 36.7 Å². The molecule has 1 aliphatic rings. The van der Waals surface area contributed by atoms with E-state index in [0.717, 1.165) is 0 Å². The topological polar surface area (TPSA) is 116 Å². The number of carboxylic acids is 1. The molecule has 0 aromatic carbocycles. The molecular weight excluding hydrogens is 220 g/mol. The third-order valence-corrected chi connectivity index (χ3v) is 2.22. The first kappa shape index (κ1) is 13.3. The number of aliphatic hydroxyl groups excluding tert-OH is 3. The van der Waals surface area contributed by atoms with Crippen LogP contribution in [0.25, 0.3) is 0 Å². The molecule has 7 nitrogen and oxygen atoms in total. The Morgan fingerprint density at radius 1 is 1.19 bits per heavy atom. The highest BCUT2D eigenvalue weighted by Crippen LogP contribution is 2.23. The van der Waals surface area contributed by atoms with Gasteiger partial charge in [0.05, 0.1) is 6.10 Å². The molecule has 5 atom stereocenters. The lowest BCUT2D eigenvalue weighted by molar-refractivity contribution is -0.301. The van der Waals surface area contributed by atoms with E-state index in [0.29, 0.717) is 0 Å². The minimum atomic E-state index is -1.68. The van der Waals surface area contributed by atoms with Crippen LogP contribution in [0.4, 0.5) is 0 Å². The van der Waals surface area contributed by atoms with Crippen molar-refractivity contribution in [1.29, 1.82) is 0 Å². The first-order valence-corrected chi connectivity index (χ1v) is 4.92. The number of carbonyl (C=O) groups is 1. The van der Waals surface area contributed by atoms with E-state index in [-0.39, 0.29) is 6.10 Å². The van der Waals surface area contributed by atoms with Crippen LogP contribution in [0.3, 0.4) is 0 Å². The van der Waals surface area contributed by atoms with Gasteiger partial charge in [0.15, 0.2) is 12.4 Å². The Hall–Kier alpha value is -0.730. The van der Waals surface area contributed by atoms with Crippen molar-refractivity contribution >= 4 is 5.97 Å². The molecule has 7 heteroatoms. The second-order valence-electron chi connectivity index (χ2n) is 3.92. The Morgan fingerprint density at radius 3 is 2.19 bits per heavy atom. The van der Waals surface area contributed by atoms with E-state index in [4.69, 9.17) is 14.6 Å². The van der Waals surface area contributed by atoms with Gasteiger partial charge < -0.3 is 29.9 Å². The van der Waals surface area contributed by atoms with Crippen LogP contribution in [0.5, 0.6) is 0 Å². The molecule has 0 bridgehead atoms. The summed E-state index contributed by atoms with van der Waals surface area (Å²) in [6.45, 7) is 3.34. The van der Waals surface area contributed by atoms with Crippen molar-refractivity contribution in [3.8, 4) is 0 Å². The molecule has 0 unspecified atom stereocenters. The fourth-order valence-electron chi connectivity index (χ4n) is 1.43. The summed E-state index contributed by atoms with van der Waals surface area (Å²) in [4.78, 5) is 10.7. The minimum absolute atomic E-state index is 0.309. The zero-order chi connectivity index (χ0) is 12.5. The second-order valence-corrected chi connectivity index (χ2v) is 3.92. The van der Waals surface area contributed by atoms with Crippen molar-refractivity contribution in [2.24, 2.45) is 0 Å². The van der Waals surface area contributed by atoms with Crippen LogP contribution < -0.4 is 0 Å². The zero-order valence-corrected chi connectivity index (χ0v) is 8.98.